The van der Waals surface area contributed by atoms with Crippen molar-refractivity contribution in [2.45, 2.75) is 25.4 Å². The maximum Gasteiger partial charge on any atom is 0.417 e. The zero-order valence-corrected chi connectivity index (χ0v) is 18.1. The average molecular weight is 481 g/mol. The summed E-state index contributed by atoms with van der Waals surface area (Å²) in [6.45, 7) is 1.36. The molecular formula is C22H23F4N5O3. The number of ether oxygens (including phenoxy) is 1. The molecule has 0 spiro atoms. The van der Waals surface area contributed by atoms with Crippen molar-refractivity contribution in [3.8, 4) is 5.88 Å². The number of amides is 2. The van der Waals surface area contributed by atoms with E-state index in [1.54, 1.807) is 11.0 Å². The Labute approximate surface area is 192 Å². The summed E-state index contributed by atoms with van der Waals surface area (Å²) in [6.07, 6.45) is -2.05. The normalized spacial score (nSPS) is 16.4. The van der Waals surface area contributed by atoms with Crippen LogP contribution in [0.3, 0.4) is 0 Å². The van der Waals surface area contributed by atoms with Crippen molar-refractivity contribution in [2.75, 3.05) is 37.6 Å². The number of rotatable bonds is 6. The van der Waals surface area contributed by atoms with E-state index < -0.39 is 35.1 Å². The molecule has 1 aromatic heterocycles. The smallest absolute Gasteiger partial charge is 0.390 e. The van der Waals surface area contributed by atoms with E-state index in [9.17, 15) is 27.2 Å². The van der Waals surface area contributed by atoms with Gasteiger partial charge in [0.05, 0.1) is 11.1 Å². The first-order chi connectivity index (χ1) is 16.2. The number of carbonyl (C=O) groups excluding carboxylic acids is 2. The Kier molecular flexibility index (Phi) is 6.85. The van der Waals surface area contributed by atoms with Crippen molar-refractivity contribution in [1.29, 1.82) is 0 Å². The summed E-state index contributed by atoms with van der Waals surface area (Å²) in [5.74, 6) is -0.601. The summed E-state index contributed by atoms with van der Waals surface area (Å²) >= 11 is 0. The molecule has 1 aliphatic heterocycles. The highest BCUT2D eigenvalue weighted by molar-refractivity contribution is 5.96. The van der Waals surface area contributed by atoms with Crippen molar-refractivity contribution in [2.24, 2.45) is 5.92 Å². The largest absolute Gasteiger partial charge is 0.417 e. The van der Waals surface area contributed by atoms with Gasteiger partial charge in [-0.05, 0) is 36.6 Å². The highest BCUT2D eigenvalue weighted by Crippen LogP contribution is 2.33. The minimum Gasteiger partial charge on any atom is -0.390 e. The van der Waals surface area contributed by atoms with E-state index >= 15 is 0 Å². The summed E-state index contributed by atoms with van der Waals surface area (Å²) in [6, 6.07) is 4.96. The highest BCUT2D eigenvalue weighted by Gasteiger charge is 2.37. The minimum absolute atomic E-state index is 0.0345. The van der Waals surface area contributed by atoms with Gasteiger partial charge in [-0.1, -0.05) is 12.8 Å². The van der Waals surface area contributed by atoms with Crippen molar-refractivity contribution in [3.63, 3.8) is 0 Å². The molecule has 0 radical (unpaired) electrons. The number of aromatic nitrogens is 2. The van der Waals surface area contributed by atoms with Gasteiger partial charge >= 0.3 is 12.3 Å². The Morgan fingerprint density at radius 1 is 1.06 bits per heavy atom. The van der Waals surface area contributed by atoms with Gasteiger partial charge in [-0.3, -0.25) is 4.79 Å². The molecule has 0 unspecified atom stereocenters. The van der Waals surface area contributed by atoms with E-state index in [-0.39, 0.29) is 19.0 Å². The molecule has 2 heterocycles. The summed E-state index contributed by atoms with van der Waals surface area (Å²) in [4.78, 5) is 27.5. The van der Waals surface area contributed by atoms with E-state index in [0.717, 1.165) is 6.42 Å². The average Bonchev–Trinajstić information content (AvgIpc) is 3.63. The lowest BCUT2D eigenvalue weighted by atomic mass is 10.0. The molecule has 2 aliphatic rings. The molecule has 0 bridgehead atoms. The fourth-order valence-corrected chi connectivity index (χ4v) is 3.70. The van der Waals surface area contributed by atoms with E-state index in [1.807, 2.05) is 0 Å². The second-order valence-electron chi connectivity index (χ2n) is 8.25. The monoisotopic (exact) mass is 481 g/mol. The molecule has 1 N–H and O–H groups in total. The lowest BCUT2D eigenvalue weighted by Crippen LogP contribution is -2.49. The van der Waals surface area contributed by atoms with E-state index in [2.05, 4.69) is 15.5 Å². The number of hydrogen-bond acceptors (Lipinski definition) is 6. The van der Waals surface area contributed by atoms with Crippen LogP contribution in [0.2, 0.25) is 0 Å². The Balaban J connectivity index is 1.31. The van der Waals surface area contributed by atoms with Crippen LogP contribution in [0.4, 0.5) is 28.2 Å². The zero-order chi connectivity index (χ0) is 24.3. The summed E-state index contributed by atoms with van der Waals surface area (Å²) in [7, 11) is 0. The summed E-state index contributed by atoms with van der Waals surface area (Å²) < 4.78 is 58.4. The topological polar surface area (TPSA) is 87.7 Å². The molecule has 12 heteroatoms. The van der Waals surface area contributed by atoms with Gasteiger partial charge in [0.2, 0.25) is 5.88 Å². The molecule has 1 aliphatic carbocycles. The Hall–Kier alpha value is -3.44. The molecule has 2 amide bonds. The third kappa shape index (κ3) is 5.91. The van der Waals surface area contributed by atoms with Gasteiger partial charge in [0.1, 0.15) is 5.82 Å². The maximum atomic E-state index is 13.6. The van der Waals surface area contributed by atoms with Gasteiger partial charge in [-0.2, -0.15) is 13.2 Å². The predicted octanol–water partition coefficient (Wildman–Crippen LogP) is 3.49. The number of nitrogens with one attached hydrogen (secondary N) is 1. The number of piperazine rings is 1. The van der Waals surface area contributed by atoms with Crippen LogP contribution in [-0.2, 0) is 6.18 Å². The Morgan fingerprint density at radius 3 is 2.41 bits per heavy atom. The number of nitrogens with zero attached hydrogens (tertiary/aromatic N) is 4. The van der Waals surface area contributed by atoms with Crippen LogP contribution in [0.15, 0.2) is 30.3 Å². The van der Waals surface area contributed by atoms with Crippen molar-refractivity contribution >= 4 is 17.8 Å². The number of anilines is 1. The number of carbonyl (C=O) groups is 2. The lowest BCUT2D eigenvalue weighted by molar-refractivity contribution is -0.138. The second-order valence-corrected chi connectivity index (χ2v) is 8.25. The molecule has 8 nitrogen and oxygen atoms in total. The SMILES string of the molecule is O=C(NCCC1CC1)Oc1ccc(N2CCN(C(=O)c3cc(F)ccc3C(F)(F)F)CC2)nn1. The number of halogens is 4. The van der Waals surface area contributed by atoms with Crippen LogP contribution in [0.25, 0.3) is 0 Å². The molecule has 34 heavy (non-hydrogen) atoms. The van der Waals surface area contributed by atoms with Crippen LogP contribution in [0.5, 0.6) is 5.88 Å². The molecule has 1 saturated carbocycles. The predicted molar refractivity (Wildman–Crippen MR) is 113 cm³/mol. The summed E-state index contributed by atoms with van der Waals surface area (Å²) in [5, 5.41) is 10.6. The van der Waals surface area contributed by atoms with Crippen LogP contribution in [0, 0.1) is 11.7 Å². The summed E-state index contributed by atoms with van der Waals surface area (Å²) in [5.41, 5.74) is -1.88. The Bertz CT molecular complexity index is 1040. The van der Waals surface area contributed by atoms with Crippen LogP contribution in [-0.4, -0.2) is 59.8 Å². The van der Waals surface area contributed by atoms with Gasteiger partial charge < -0.3 is 19.9 Å². The first-order valence-electron chi connectivity index (χ1n) is 10.9. The Morgan fingerprint density at radius 2 is 1.79 bits per heavy atom. The molecular weight excluding hydrogens is 458 g/mol. The fraction of sp³-hybridized carbons (Fsp3) is 0.455. The molecule has 2 fully saturated rings. The van der Waals surface area contributed by atoms with Gasteiger partial charge in [-0.15, -0.1) is 10.2 Å². The molecule has 4 rings (SSSR count). The molecule has 2 aromatic rings. The molecule has 1 saturated heterocycles. The van der Waals surface area contributed by atoms with Gasteiger partial charge in [0.15, 0.2) is 5.82 Å². The number of hydrogen-bond donors (Lipinski definition) is 1. The van der Waals surface area contributed by atoms with Gasteiger partial charge in [-0.25, -0.2) is 9.18 Å². The fourth-order valence-electron chi connectivity index (χ4n) is 3.70. The molecule has 1 aromatic carbocycles. The second kappa shape index (κ2) is 9.82. The lowest BCUT2D eigenvalue weighted by Gasteiger charge is -2.35. The van der Waals surface area contributed by atoms with E-state index in [4.69, 9.17) is 4.74 Å². The minimum atomic E-state index is -4.77. The molecule has 0 atom stereocenters. The van der Waals surface area contributed by atoms with Crippen molar-refractivity contribution in [1.82, 2.24) is 20.4 Å². The maximum absolute atomic E-state index is 13.6. The quantitative estimate of drug-likeness (QED) is 0.636. The number of benzene rings is 1. The standard InChI is InChI=1S/C22H23F4N5O3/c23-15-3-4-17(22(24,25)26)16(13-15)20(32)31-11-9-30(10-12-31)18-5-6-19(29-28-18)34-21(33)27-8-7-14-1-2-14/h3-6,13-14H,1-2,7-12H2,(H,27,33). The first kappa shape index (κ1) is 23.7. The van der Waals surface area contributed by atoms with Crippen molar-refractivity contribution < 1.29 is 31.9 Å². The first-order valence-corrected chi connectivity index (χ1v) is 10.9. The van der Waals surface area contributed by atoms with Crippen LogP contribution < -0.4 is 15.0 Å². The van der Waals surface area contributed by atoms with Crippen molar-refractivity contribution in [3.05, 3.63) is 47.3 Å². The number of alkyl halides is 3. The van der Waals surface area contributed by atoms with Gasteiger partial charge in [0, 0.05) is 38.8 Å². The van der Waals surface area contributed by atoms with Crippen LogP contribution >= 0.6 is 0 Å². The van der Waals surface area contributed by atoms with Crippen LogP contribution in [0.1, 0.15) is 35.2 Å². The highest BCUT2D eigenvalue weighted by atomic mass is 19.4. The zero-order valence-electron chi connectivity index (χ0n) is 18.1. The molecule has 182 valence electrons. The van der Waals surface area contributed by atoms with Gasteiger partial charge in [0.25, 0.3) is 5.91 Å². The van der Waals surface area contributed by atoms with E-state index in [0.29, 0.717) is 49.6 Å². The van der Waals surface area contributed by atoms with E-state index in [1.165, 1.54) is 23.8 Å². The third-order valence-electron chi connectivity index (χ3n) is 5.75. The third-order valence-corrected chi connectivity index (χ3v) is 5.75.